The van der Waals surface area contributed by atoms with E-state index < -0.39 is 10.0 Å². The van der Waals surface area contributed by atoms with Crippen LogP contribution >= 0.6 is 0 Å². The van der Waals surface area contributed by atoms with Crippen LogP contribution < -0.4 is 9.46 Å². The minimum Gasteiger partial charge on any atom is -0.495 e. The summed E-state index contributed by atoms with van der Waals surface area (Å²) in [5.74, 6) is 0.747. The van der Waals surface area contributed by atoms with Crippen LogP contribution in [0, 0.1) is 5.92 Å². The van der Waals surface area contributed by atoms with E-state index >= 15 is 0 Å². The first-order valence-electron chi connectivity index (χ1n) is 8.90. The first-order chi connectivity index (χ1) is 12.0. The van der Waals surface area contributed by atoms with E-state index in [2.05, 4.69) is 4.72 Å². The van der Waals surface area contributed by atoms with Crippen LogP contribution in [-0.4, -0.2) is 46.0 Å². The number of carbonyl (C=O) groups excluding carboxylic acids is 1. The summed E-state index contributed by atoms with van der Waals surface area (Å²) in [6, 6.07) is 4.93. The number of nitrogens with one attached hydrogen (secondary N) is 1. The summed E-state index contributed by atoms with van der Waals surface area (Å²) in [6.45, 7) is 0.750. The number of carbonyl (C=O) groups is 1. The number of piperidine rings is 1. The third-order valence-electron chi connectivity index (χ3n) is 5.47. The maximum Gasteiger partial charge on any atom is 0.254 e. The molecule has 1 aliphatic carbocycles. The number of ether oxygens (including phenoxy) is 1. The Hall–Kier alpha value is -1.60. The summed E-state index contributed by atoms with van der Waals surface area (Å²) < 4.78 is 31.9. The smallest absolute Gasteiger partial charge is 0.254 e. The van der Waals surface area contributed by atoms with Crippen molar-refractivity contribution in [3.8, 4) is 5.75 Å². The highest BCUT2D eigenvalue weighted by molar-refractivity contribution is 7.89. The Morgan fingerprint density at radius 3 is 2.64 bits per heavy atom. The molecule has 0 aromatic heterocycles. The lowest BCUT2D eigenvalue weighted by Gasteiger charge is -2.44. The number of sulfonamides is 1. The fraction of sp³-hybridized carbons (Fsp3) is 0.611. The Bertz CT molecular complexity index is 745. The third-order valence-corrected chi connectivity index (χ3v) is 6.91. The summed E-state index contributed by atoms with van der Waals surface area (Å²) in [7, 11) is -0.930. The van der Waals surface area contributed by atoms with Crippen molar-refractivity contribution >= 4 is 15.9 Å². The Kier molecular flexibility index (Phi) is 5.34. The molecule has 2 aliphatic rings. The molecular weight excluding hydrogens is 340 g/mol. The summed E-state index contributed by atoms with van der Waals surface area (Å²) in [4.78, 5) is 15.1. The van der Waals surface area contributed by atoms with Crippen molar-refractivity contribution in [2.45, 2.75) is 49.5 Å². The Labute approximate surface area is 149 Å². The Morgan fingerprint density at radius 1 is 1.20 bits per heavy atom. The molecule has 1 saturated heterocycles. The largest absolute Gasteiger partial charge is 0.495 e. The second kappa shape index (κ2) is 7.33. The lowest BCUT2D eigenvalue weighted by Crippen LogP contribution is -2.49. The molecule has 1 aromatic rings. The molecule has 1 aromatic carbocycles. The average Bonchev–Trinajstić information content (AvgIpc) is 2.66. The lowest BCUT2D eigenvalue weighted by atomic mass is 9.78. The minimum atomic E-state index is -3.70. The number of fused-ring (bicyclic) bond motifs is 1. The van der Waals surface area contributed by atoms with E-state index in [0.29, 0.717) is 17.5 Å². The molecule has 0 spiro atoms. The van der Waals surface area contributed by atoms with E-state index in [9.17, 15) is 13.2 Å². The number of nitrogens with zero attached hydrogens (tertiary/aromatic N) is 1. The second-order valence-corrected chi connectivity index (χ2v) is 8.68. The van der Waals surface area contributed by atoms with Crippen LogP contribution in [0.2, 0.25) is 0 Å². The predicted molar refractivity (Wildman–Crippen MR) is 95.3 cm³/mol. The molecular formula is C18H26N2O4S. The van der Waals surface area contributed by atoms with Crippen LogP contribution in [0.15, 0.2) is 23.1 Å². The van der Waals surface area contributed by atoms with Crippen LogP contribution in [0.5, 0.6) is 5.75 Å². The fourth-order valence-electron chi connectivity index (χ4n) is 4.17. The van der Waals surface area contributed by atoms with E-state index in [1.165, 1.54) is 39.5 Å². The van der Waals surface area contributed by atoms with Crippen molar-refractivity contribution in [1.82, 2.24) is 9.62 Å². The molecule has 1 aliphatic heterocycles. The molecule has 2 atom stereocenters. The normalized spacial score (nSPS) is 23.8. The van der Waals surface area contributed by atoms with Crippen molar-refractivity contribution in [2.24, 2.45) is 5.92 Å². The Morgan fingerprint density at radius 2 is 1.92 bits per heavy atom. The molecule has 3 rings (SSSR count). The molecule has 1 N–H and O–H groups in total. The fourth-order valence-corrected chi connectivity index (χ4v) is 5.09. The number of methoxy groups -OCH3 is 1. The SMILES string of the molecule is CNS(=O)(=O)c1cc(C(=O)N2CCCC3CCCCC32)ccc1OC. The zero-order chi connectivity index (χ0) is 18.0. The summed E-state index contributed by atoms with van der Waals surface area (Å²) in [5.41, 5.74) is 0.404. The molecule has 138 valence electrons. The van der Waals surface area contributed by atoms with E-state index in [4.69, 9.17) is 4.74 Å². The van der Waals surface area contributed by atoms with Crippen molar-refractivity contribution in [1.29, 1.82) is 0 Å². The van der Waals surface area contributed by atoms with Crippen molar-refractivity contribution in [2.75, 3.05) is 20.7 Å². The molecule has 2 unspecified atom stereocenters. The molecule has 1 amide bonds. The van der Waals surface area contributed by atoms with E-state index in [1.807, 2.05) is 4.90 Å². The highest BCUT2D eigenvalue weighted by Gasteiger charge is 2.36. The molecule has 0 radical (unpaired) electrons. The van der Waals surface area contributed by atoms with Gasteiger partial charge in [-0.15, -0.1) is 0 Å². The lowest BCUT2D eigenvalue weighted by molar-refractivity contribution is 0.0390. The van der Waals surface area contributed by atoms with Gasteiger partial charge in [0.05, 0.1) is 7.11 Å². The van der Waals surface area contributed by atoms with Gasteiger partial charge >= 0.3 is 0 Å². The van der Waals surface area contributed by atoms with Crippen molar-refractivity contribution in [3.05, 3.63) is 23.8 Å². The molecule has 0 bridgehead atoms. The van der Waals surface area contributed by atoms with Gasteiger partial charge in [0.1, 0.15) is 10.6 Å². The molecule has 1 saturated carbocycles. The van der Waals surface area contributed by atoms with Gasteiger partial charge in [-0.05, 0) is 56.8 Å². The Balaban J connectivity index is 1.93. The second-order valence-electron chi connectivity index (χ2n) is 6.83. The first kappa shape index (κ1) is 18.2. The summed E-state index contributed by atoms with van der Waals surface area (Å²) >= 11 is 0. The topological polar surface area (TPSA) is 75.7 Å². The van der Waals surface area contributed by atoms with E-state index in [-0.39, 0.29) is 16.6 Å². The van der Waals surface area contributed by atoms with E-state index in [0.717, 1.165) is 25.8 Å². The molecule has 1 heterocycles. The van der Waals surface area contributed by atoms with Crippen LogP contribution in [0.4, 0.5) is 0 Å². The van der Waals surface area contributed by atoms with Gasteiger partial charge in [0.15, 0.2) is 0 Å². The molecule has 25 heavy (non-hydrogen) atoms. The van der Waals surface area contributed by atoms with Gasteiger partial charge in [-0.2, -0.15) is 0 Å². The molecule has 2 fully saturated rings. The number of hydrogen-bond donors (Lipinski definition) is 1. The first-order valence-corrected chi connectivity index (χ1v) is 10.4. The number of likely N-dealkylation sites (tertiary alicyclic amines) is 1. The number of amides is 1. The predicted octanol–water partition coefficient (Wildman–Crippen LogP) is 2.40. The number of benzene rings is 1. The van der Waals surface area contributed by atoms with Crippen molar-refractivity contribution in [3.63, 3.8) is 0 Å². The minimum absolute atomic E-state index is 0.000513. The van der Waals surface area contributed by atoms with Gasteiger partial charge in [0.2, 0.25) is 10.0 Å². The maximum absolute atomic E-state index is 13.1. The van der Waals surface area contributed by atoms with Gasteiger partial charge in [-0.25, -0.2) is 13.1 Å². The average molecular weight is 366 g/mol. The number of rotatable bonds is 4. The van der Waals surface area contributed by atoms with Gasteiger partial charge in [-0.3, -0.25) is 4.79 Å². The highest BCUT2D eigenvalue weighted by atomic mass is 32.2. The van der Waals surface area contributed by atoms with Gasteiger partial charge < -0.3 is 9.64 Å². The molecule has 6 nitrogen and oxygen atoms in total. The van der Waals surface area contributed by atoms with E-state index in [1.54, 1.807) is 12.1 Å². The van der Waals surface area contributed by atoms with Gasteiger partial charge in [0, 0.05) is 18.2 Å². The molecule has 7 heteroatoms. The van der Waals surface area contributed by atoms with Crippen LogP contribution in [0.3, 0.4) is 0 Å². The van der Waals surface area contributed by atoms with Crippen LogP contribution in [-0.2, 0) is 10.0 Å². The van der Waals surface area contributed by atoms with Crippen LogP contribution in [0.25, 0.3) is 0 Å². The third kappa shape index (κ3) is 3.53. The quantitative estimate of drug-likeness (QED) is 0.888. The highest BCUT2D eigenvalue weighted by Crippen LogP contribution is 2.36. The maximum atomic E-state index is 13.1. The number of hydrogen-bond acceptors (Lipinski definition) is 4. The van der Waals surface area contributed by atoms with Gasteiger partial charge in [-0.1, -0.05) is 12.8 Å². The summed E-state index contributed by atoms with van der Waals surface area (Å²) in [6.07, 6.45) is 6.86. The zero-order valence-corrected chi connectivity index (χ0v) is 15.6. The van der Waals surface area contributed by atoms with Crippen LogP contribution in [0.1, 0.15) is 48.9 Å². The summed E-state index contributed by atoms with van der Waals surface area (Å²) in [5, 5.41) is 0. The zero-order valence-electron chi connectivity index (χ0n) is 14.8. The monoisotopic (exact) mass is 366 g/mol. The van der Waals surface area contributed by atoms with Crippen molar-refractivity contribution < 1.29 is 17.9 Å². The standard InChI is InChI=1S/C18H26N2O4S/c1-19-25(22,23)17-12-14(9-10-16(17)24-2)18(21)20-11-5-7-13-6-3-4-8-15(13)20/h9-10,12-13,15,19H,3-8,11H2,1-2H3. The van der Waals surface area contributed by atoms with Gasteiger partial charge in [0.25, 0.3) is 5.91 Å².